The van der Waals surface area contributed by atoms with E-state index in [-0.39, 0.29) is 6.04 Å². The van der Waals surface area contributed by atoms with Gasteiger partial charge in [0, 0.05) is 19.3 Å². The van der Waals surface area contributed by atoms with E-state index in [9.17, 15) is 0 Å². The molecule has 0 radical (unpaired) electrons. The highest BCUT2D eigenvalue weighted by atomic mass is 16.5. The standard InChI is InChI=1S/C10H13N5O/c1-15-4-3-7(14-15)10(11)8-5-9(16-2)13-6-12-8/h3-6,10H,11H2,1-2H3. The predicted molar refractivity (Wildman–Crippen MR) is 57.8 cm³/mol. The van der Waals surface area contributed by atoms with Crippen LogP contribution >= 0.6 is 0 Å². The highest BCUT2D eigenvalue weighted by Gasteiger charge is 2.13. The summed E-state index contributed by atoms with van der Waals surface area (Å²) < 4.78 is 6.72. The minimum absolute atomic E-state index is 0.363. The molecule has 1 atom stereocenters. The molecule has 0 aliphatic rings. The molecular formula is C10H13N5O. The molecule has 1 unspecified atom stereocenters. The maximum atomic E-state index is 6.03. The van der Waals surface area contributed by atoms with Gasteiger partial charge in [0.05, 0.1) is 24.5 Å². The zero-order chi connectivity index (χ0) is 11.5. The lowest BCUT2D eigenvalue weighted by atomic mass is 10.1. The van der Waals surface area contributed by atoms with Crippen LogP contribution in [0.15, 0.2) is 24.7 Å². The molecule has 2 aromatic rings. The molecule has 2 rings (SSSR count). The third-order valence-corrected chi connectivity index (χ3v) is 2.24. The van der Waals surface area contributed by atoms with E-state index in [1.807, 2.05) is 19.3 Å². The Kier molecular flexibility index (Phi) is 2.82. The van der Waals surface area contributed by atoms with Gasteiger partial charge in [-0.3, -0.25) is 4.68 Å². The van der Waals surface area contributed by atoms with Crippen molar-refractivity contribution in [3.63, 3.8) is 0 Å². The summed E-state index contributed by atoms with van der Waals surface area (Å²) in [6.45, 7) is 0. The van der Waals surface area contributed by atoms with Crippen molar-refractivity contribution in [1.29, 1.82) is 0 Å². The van der Waals surface area contributed by atoms with Crippen molar-refractivity contribution >= 4 is 0 Å². The van der Waals surface area contributed by atoms with E-state index in [4.69, 9.17) is 10.5 Å². The van der Waals surface area contributed by atoms with Crippen LogP contribution in [0.25, 0.3) is 0 Å². The number of ether oxygens (including phenoxy) is 1. The van der Waals surface area contributed by atoms with E-state index in [0.717, 1.165) is 5.69 Å². The first-order valence-corrected chi connectivity index (χ1v) is 4.82. The minimum atomic E-state index is -0.363. The zero-order valence-electron chi connectivity index (χ0n) is 9.16. The summed E-state index contributed by atoms with van der Waals surface area (Å²) in [6.07, 6.45) is 3.27. The molecule has 0 aliphatic carbocycles. The lowest BCUT2D eigenvalue weighted by molar-refractivity contribution is 0.395. The number of nitrogens with zero attached hydrogens (tertiary/aromatic N) is 4. The molecule has 0 aliphatic heterocycles. The molecule has 6 heteroatoms. The normalized spacial score (nSPS) is 12.4. The largest absolute Gasteiger partial charge is 0.481 e. The summed E-state index contributed by atoms with van der Waals surface area (Å²) >= 11 is 0. The molecule has 0 aromatic carbocycles. The fourth-order valence-corrected chi connectivity index (χ4v) is 1.39. The Morgan fingerprint density at radius 1 is 1.38 bits per heavy atom. The predicted octanol–water partition coefficient (Wildman–Crippen LogP) is 0.267. The Morgan fingerprint density at radius 2 is 2.19 bits per heavy atom. The van der Waals surface area contributed by atoms with Crippen LogP contribution in [0.5, 0.6) is 5.88 Å². The van der Waals surface area contributed by atoms with Crippen molar-refractivity contribution in [3.8, 4) is 5.88 Å². The Hall–Kier alpha value is -1.95. The van der Waals surface area contributed by atoms with Crippen molar-refractivity contribution in [2.75, 3.05) is 7.11 Å². The van der Waals surface area contributed by atoms with Gasteiger partial charge in [0.1, 0.15) is 6.33 Å². The molecular weight excluding hydrogens is 206 g/mol. The number of aromatic nitrogens is 4. The van der Waals surface area contributed by atoms with E-state index >= 15 is 0 Å². The monoisotopic (exact) mass is 219 g/mol. The molecule has 0 bridgehead atoms. The fraction of sp³-hybridized carbons (Fsp3) is 0.300. The van der Waals surface area contributed by atoms with Crippen LogP contribution < -0.4 is 10.5 Å². The van der Waals surface area contributed by atoms with Gasteiger partial charge in [0.2, 0.25) is 5.88 Å². The number of hydrogen-bond donors (Lipinski definition) is 1. The van der Waals surface area contributed by atoms with Gasteiger partial charge in [-0.2, -0.15) is 5.10 Å². The smallest absolute Gasteiger partial charge is 0.216 e. The number of methoxy groups -OCH3 is 1. The van der Waals surface area contributed by atoms with E-state index in [0.29, 0.717) is 11.6 Å². The number of aryl methyl sites for hydroxylation is 1. The summed E-state index contributed by atoms with van der Waals surface area (Å²) in [5, 5.41) is 4.23. The minimum Gasteiger partial charge on any atom is -0.481 e. The Morgan fingerprint density at radius 3 is 2.81 bits per heavy atom. The first-order valence-electron chi connectivity index (χ1n) is 4.82. The van der Waals surface area contributed by atoms with Crippen molar-refractivity contribution in [2.45, 2.75) is 6.04 Å². The topological polar surface area (TPSA) is 78.9 Å². The highest BCUT2D eigenvalue weighted by Crippen LogP contribution is 2.17. The molecule has 0 saturated carbocycles. The van der Waals surface area contributed by atoms with Gasteiger partial charge in [-0.15, -0.1) is 0 Å². The van der Waals surface area contributed by atoms with Gasteiger partial charge in [0.25, 0.3) is 0 Å². The molecule has 2 heterocycles. The van der Waals surface area contributed by atoms with Crippen LogP contribution in [0.4, 0.5) is 0 Å². The SMILES string of the molecule is COc1cc(C(N)c2ccn(C)n2)ncn1. The highest BCUT2D eigenvalue weighted by molar-refractivity contribution is 5.23. The average Bonchev–Trinajstić information content (AvgIpc) is 2.75. The van der Waals surface area contributed by atoms with Gasteiger partial charge in [-0.25, -0.2) is 9.97 Å². The van der Waals surface area contributed by atoms with Crippen molar-refractivity contribution in [1.82, 2.24) is 19.7 Å². The maximum absolute atomic E-state index is 6.03. The second kappa shape index (κ2) is 4.28. The third-order valence-electron chi connectivity index (χ3n) is 2.24. The quantitative estimate of drug-likeness (QED) is 0.801. The average molecular weight is 219 g/mol. The molecule has 2 N–H and O–H groups in total. The third kappa shape index (κ3) is 2.01. The second-order valence-corrected chi connectivity index (χ2v) is 3.38. The summed E-state index contributed by atoms with van der Waals surface area (Å²) in [7, 11) is 3.40. The van der Waals surface area contributed by atoms with Gasteiger partial charge >= 0.3 is 0 Å². The van der Waals surface area contributed by atoms with Crippen molar-refractivity contribution in [3.05, 3.63) is 36.0 Å². The van der Waals surface area contributed by atoms with Crippen LogP contribution in [0.2, 0.25) is 0 Å². The number of hydrogen-bond acceptors (Lipinski definition) is 5. The van der Waals surface area contributed by atoms with E-state index in [2.05, 4.69) is 15.1 Å². The van der Waals surface area contributed by atoms with Crippen LogP contribution in [-0.2, 0) is 7.05 Å². The molecule has 0 amide bonds. The van der Waals surface area contributed by atoms with Gasteiger partial charge in [-0.05, 0) is 6.07 Å². The summed E-state index contributed by atoms with van der Waals surface area (Å²) in [6, 6.07) is 3.21. The van der Waals surface area contributed by atoms with Crippen LogP contribution in [0.3, 0.4) is 0 Å². The first-order chi connectivity index (χ1) is 7.70. The lowest BCUT2D eigenvalue weighted by Crippen LogP contribution is -2.15. The van der Waals surface area contributed by atoms with Gasteiger partial charge in [0.15, 0.2) is 0 Å². The summed E-state index contributed by atoms with van der Waals surface area (Å²) in [5.41, 5.74) is 7.48. The van der Waals surface area contributed by atoms with Crippen LogP contribution in [-0.4, -0.2) is 26.9 Å². The molecule has 6 nitrogen and oxygen atoms in total. The summed E-state index contributed by atoms with van der Waals surface area (Å²) in [4.78, 5) is 8.03. The zero-order valence-corrected chi connectivity index (χ0v) is 9.16. The molecule has 0 spiro atoms. The van der Waals surface area contributed by atoms with E-state index in [1.54, 1.807) is 17.9 Å². The van der Waals surface area contributed by atoms with Crippen molar-refractivity contribution in [2.24, 2.45) is 12.8 Å². The molecule has 2 aromatic heterocycles. The van der Waals surface area contributed by atoms with Crippen molar-refractivity contribution < 1.29 is 4.74 Å². The number of rotatable bonds is 3. The summed E-state index contributed by atoms with van der Waals surface area (Å²) in [5.74, 6) is 0.497. The van der Waals surface area contributed by atoms with E-state index in [1.165, 1.54) is 6.33 Å². The van der Waals surface area contributed by atoms with Gasteiger partial charge in [-0.1, -0.05) is 0 Å². The molecule has 0 saturated heterocycles. The fourth-order valence-electron chi connectivity index (χ4n) is 1.39. The molecule has 0 fully saturated rings. The van der Waals surface area contributed by atoms with Gasteiger partial charge < -0.3 is 10.5 Å². The maximum Gasteiger partial charge on any atom is 0.216 e. The Bertz CT molecular complexity index is 482. The Balaban J connectivity index is 2.29. The molecule has 16 heavy (non-hydrogen) atoms. The van der Waals surface area contributed by atoms with Crippen LogP contribution in [0, 0.1) is 0 Å². The number of nitrogens with two attached hydrogens (primary N) is 1. The Labute approximate surface area is 93.1 Å². The van der Waals surface area contributed by atoms with Crippen LogP contribution in [0.1, 0.15) is 17.4 Å². The lowest BCUT2D eigenvalue weighted by Gasteiger charge is -2.08. The van der Waals surface area contributed by atoms with E-state index < -0.39 is 0 Å². The first kappa shape index (κ1) is 10.6. The molecule has 84 valence electrons. The second-order valence-electron chi connectivity index (χ2n) is 3.38.